The van der Waals surface area contributed by atoms with E-state index in [-0.39, 0.29) is 0 Å². The number of rotatable bonds is 5. The van der Waals surface area contributed by atoms with Crippen LogP contribution in [-0.4, -0.2) is 35.5 Å². The van der Waals surface area contributed by atoms with Gasteiger partial charge in [0.2, 0.25) is 6.79 Å². The maximum absolute atomic E-state index is 9.89. The molecule has 0 aromatic heterocycles. The van der Waals surface area contributed by atoms with Gasteiger partial charge in [-0.1, -0.05) is 19.1 Å². The molecule has 4 nitrogen and oxygen atoms in total. The van der Waals surface area contributed by atoms with Crippen LogP contribution in [0.15, 0.2) is 18.2 Å². The van der Waals surface area contributed by atoms with Crippen molar-refractivity contribution < 1.29 is 14.6 Å². The molecule has 0 unspecified atom stereocenters. The average Bonchev–Trinajstić information content (AvgIpc) is 2.75. The maximum atomic E-state index is 9.89. The first-order valence-electron chi connectivity index (χ1n) is 6.32. The van der Waals surface area contributed by atoms with E-state index in [9.17, 15) is 5.11 Å². The monoisotopic (exact) mass is 251 g/mol. The minimum absolute atomic E-state index is 0.296. The summed E-state index contributed by atoms with van der Waals surface area (Å²) in [4.78, 5) is 2.19. The molecule has 0 bridgehead atoms. The van der Waals surface area contributed by atoms with Gasteiger partial charge in [-0.05, 0) is 26.5 Å². The van der Waals surface area contributed by atoms with Crippen LogP contribution in [0.5, 0.6) is 11.5 Å². The van der Waals surface area contributed by atoms with Crippen molar-refractivity contribution in [3.8, 4) is 11.5 Å². The van der Waals surface area contributed by atoms with Gasteiger partial charge in [0.15, 0.2) is 11.5 Å². The van der Waals surface area contributed by atoms with Crippen molar-refractivity contribution in [2.45, 2.75) is 32.9 Å². The summed E-state index contributed by atoms with van der Waals surface area (Å²) in [6.07, 6.45) is 0. The van der Waals surface area contributed by atoms with Crippen LogP contribution in [0, 0.1) is 0 Å². The third-order valence-corrected chi connectivity index (χ3v) is 2.93. The lowest BCUT2D eigenvalue weighted by atomic mass is 10.1. The Morgan fingerprint density at radius 1 is 1.33 bits per heavy atom. The van der Waals surface area contributed by atoms with Crippen molar-refractivity contribution in [3.63, 3.8) is 0 Å². The number of likely N-dealkylation sites (N-methyl/N-ethyl adjacent to an activating group) is 1. The Morgan fingerprint density at radius 3 is 2.78 bits per heavy atom. The second-order valence-electron chi connectivity index (χ2n) is 5.27. The van der Waals surface area contributed by atoms with Gasteiger partial charge in [0.1, 0.15) is 0 Å². The minimum Gasteiger partial charge on any atom is -0.454 e. The van der Waals surface area contributed by atoms with E-state index in [1.165, 1.54) is 0 Å². The molecule has 18 heavy (non-hydrogen) atoms. The standard InChI is InChI=1S/C14H21NO3/c1-4-15(9-14(2,3)16)8-11-6-5-7-12-13(11)18-10-17-12/h5-7,16H,4,8-10H2,1-3H3. The van der Waals surface area contributed by atoms with Gasteiger partial charge in [-0.15, -0.1) is 0 Å². The molecule has 0 fully saturated rings. The smallest absolute Gasteiger partial charge is 0.231 e. The van der Waals surface area contributed by atoms with Crippen LogP contribution in [0.1, 0.15) is 26.3 Å². The van der Waals surface area contributed by atoms with E-state index in [1.807, 2.05) is 32.0 Å². The molecular weight excluding hydrogens is 230 g/mol. The molecule has 2 rings (SSSR count). The first kappa shape index (κ1) is 13.2. The molecule has 1 aromatic carbocycles. The van der Waals surface area contributed by atoms with E-state index >= 15 is 0 Å². The second kappa shape index (κ2) is 5.16. The summed E-state index contributed by atoms with van der Waals surface area (Å²) < 4.78 is 10.9. The highest BCUT2D eigenvalue weighted by Crippen LogP contribution is 2.35. The first-order chi connectivity index (χ1) is 8.49. The highest BCUT2D eigenvalue weighted by molar-refractivity contribution is 5.48. The topological polar surface area (TPSA) is 41.9 Å². The predicted octanol–water partition coefficient (Wildman–Crippen LogP) is 2.01. The van der Waals surface area contributed by atoms with Crippen molar-refractivity contribution in [3.05, 3.63) is 23.8 Å². The summed E-state index contributed by atoms with van der Waals surface area (Å²) in [5.74, 6) is 1.65. The Labute approximate surface area is 108 Å². The van der Waals surface area contributed by atoms with E-state index in [0.29, 0.717) is 13.3 Å². The number of benzene rings is 1. The Hall–Kier alpha value is -1.26. The van der Waals surface area contributed by atoms with Crippen LogP contribution in [0.4, 0.5) is 0 Å². The summed E-state index contributed by atoms with van der Waals surface area (Å²) in [5.41, 5.74) is 0.418. The molecule has 1 aliphatic rings. The molecule has 4 heteroatoms. The quantitative estimate of drug-likeness (QED) is 0.869. The van der Waals surface area contributed by atoms with Crippen LogP contribution >= 0.6 is 0 Å². The number of hydrogen-bond donors (Lipinski definition) is 1. The Kier molecular flexibility index (Phi) is 3.78. The normalized spacial score (nSPS) is 14.3. The Balaban J connectivity index is 2.11. The predicted molar refractivity (Wildman–Crippen MR) is 69.8 cm³/mol. The Bertz CT molecular complexity index is 412. The molecule has 0 saturated heterocycles. The number of hydrogen-bond acceptors (Lipinski definition) is 4. The van der Waals surface area contributed by atoms with E-state index in [4.69, 9.17) is 9.47 Å². The van der Waals surface area contributed by atoms with Gasteiger partial charge in [-0.2, -0.15) is 0 Å². The molecule has 1 aromatic rings. The van der Waals surface area contributed by atoms with Crippen molar-refractivity contribution in [1.82, 2.24) is 4.90 Å². The largest absolute Gasteiger partial charge is 0.454 e. The van der Waals surface area contributed by atoms with E-state index in [0.717, 1.165) is 30.2 Å². The number of aliphatic hydroxyl groups is 1. The summed E-state index contributed by atoms with van der Waals surface area (Å²) >= 11 is 0. The summed E-state index contributed by atoms with van der Waals surface area (Å²) in [5, 5.41) is 9.89. The first-order valence-corrected chi connectivity index (χ1v) is 6.32. The molecule has 1 aliphatic heterocycles. The zero-order valence-corrected chi connectivity index (χ0v) is 11.3. The molecule has 0 saturated carbocycles. The number of ether oxygens (including phenoxy) is 2. The summed E-state index contributed by atoms with van der Waals surface area (Å²) in [6.45, 7) is 8.31. The molecular formula is C14H21NO3. The van der Waals surface area contributed by atoms with Gasteiger partial charge in [-0.3, -0.25) is 4.90 Å². The minimum atomic E-state index is -0.689. The van der Waals surface area contributed by atoms with E-state index in [2.05, 4.69) is 11.8 Å². The zero-order valence-electron chi connectivity index (χ0n) is 11.3. The second-order valence-corrected chi connectivity index (χ2v) is 5.27. The SMILES string of the molecule is CCN(Cc1cccc2c1OCO2)CC(C)(C)O. The van der Waals surface area contributed by atoms with Gasteiger partial charge in [-0.25, -0.2) is 0 Å². The van der Waals surface area contributed by atoms with E-state index in [1.54, 1.807) is 0 Å². The average molecular weight is 251 g/mol. The highest BCUT2D eigenvalue weighted by Gasteiger charge is 2.21. The van der Waals surface area contributed by atoms with Crippen LogP contribution < -0.4 is 9.47 Å². The van der Waals surface area contributed by atoms with Gasteiger partial charge in [0, 0.05) is 18.7 Å². The number of fused-ring (bicyclic) bond motifs is 1. The molecule has 100 valence electrons. The molecule has 0 radical (unpaired) electrons. The van der Waals surface area contributed by atoms with Crippen molar-refractivity contribution in [1.29, 1.82) is 0 Å². The lowest BCUT2D eigenvalue weighted by Crippen LogP contribution is -2.38. The van der Waals surface area contributed by atoms with Crippen molar-refractivity contribution >= 4 is 0 Å². The fourth-order valence-corrected chi connectivity index (χ4v) is 2.18. The lowest BCUT2D eigenvalue weighted by Gasteiger charge is -2.28. The molecule has 1 heterocycles. The molecule has 0 spiro atoms. The fourth-order valence-electron chi connectivity index (χ4n) is 2.18. The molecule has 0 atom stereocenters. The Morgan fingerprint density at radius 2 is 2.11 bits per heavy atom. The van der Waals surface area contributed by atoms with Crippen molar-refractivity contribution in [2.75, 3.05) is 19.9 Å². The number of para-hydroxylation sites is 1. The van der Waals surface area contributed by atoms with Gasteiger partial charge in [0.05, 0.1) is 5.60 Å². The van der Waals surface area contributed by atoms with E-state index < -0.39 is 5.60 Å². The summed E-state index contributed by atoms with van der Waals surface area (Å²) in [7, 11) is 0. The highest BCUT2D eigenvalue weighted by atomic mass is 16.7. The molecule has 0 amide bonds. The van der Waals surface area contributed by atoms with Gasteiger partial charge >= 0.3 is 0 Å². The molecule has 1 N–H and O–H groups in total. The lowest BCUT2D eigenvalue weighted by molar-refractivity contribution is 0.0350. The fraction of sp³-hybridized carbons (Fsp3) is 0.571. The number of nitrogens with zero attached hydrogens (tertiary/aromatic N) is 1. The third kappa shape index (κ3) is 3.15. The van der Waals surface area contributed by atoms with Gasteiger partial charge in [0.25, 0.3) is 0 Å². The molecule has 0 aliphatic carbocycles. The maximum Gasteiger partial charge on any atom is 0.231 e. The zero-order chi connectivity index (χ0) is 13.2. The van der Waals surface area contributed by atoms with Crippen LogP contribution in [0.2, 0.25) is 0 Å². The van der Waals surface area contributed by atoms with Crippen LogP contribution in [0.3, 0.4) is 0 Å². The van der Waals surface area contributed by atoms with Crippen LogP contribution in [-0.2, 0) is 6.54 Å². The van der Waals surface area contributed by atoms with Gasteiger partial charge < -0.3 is 14.6 Å². The third-order valence-electron chi connectivity index (χ3n) is 2.93. The van der Waals surface area contributed by atoms with Crippen LogP contribution in [0.25, 0.3) is 0 Å². The van der Waals surface area contributed by atoms with Crippen molar-refractivity contribution in [2.24, 2.45) is 0 Å². The summed E-state index contributed by atoms with van der Waals surface area (Å²) in [6, 6.07) is 5.93.